The van der Waals surface area contributed by atoms with Crippen molar-refractivity contribution >= 4 is 11.8 Å². The lowest BCUT2D eigenvalue weighted by Gasteiger charge is -2.07. The van der Waals surface area contributed by atoms with E-state index in [1.54, 1.807) is 0 Å². The van der Waals surface area contributed by atoms with E-state index in [2.05, 4.69) is 4.74 Å². The van der Waals surface area contributed by atoms with E-state index in [0.29, 0.717) is 0 Å². The predicted molar refractivity (Wildman–Crippen MR) is 35.3 cm³/mol. The zero-order chi connectivity index (χ0) is 8.15. The van der Waals surface area contributed by atoms with Crippen LogP contribution in [0.3, 0.4) is 0 Å². The minimum atomic E-state index is -0.706. The highest BCUT2D eigenvalue weighted by Crippen LogP contribution is 1.91. The Morgan fingerprint density at radius 2 is 2.10 bits per heavy atom. The fourth-order valence-corrected chi connectivity index (χ4v) is 0.481. The SMILES string of the molecule is CC(=O)O[C@@H](C)C(=O)CN. The maximum absolute atomic E-state index is 10.6. The van der Waals surface area contributed by atoms with Crippen molar-refractivity contribution in [3.8, 4) is 0 Å². The van der Waals surface area contributed by atoms with Gasteiger partial charge in [0.1, 0.15) is 0 Å². The summed E-state index contributed by atoms with van der Waals surface area (Å²) in [6, 6.07) is 0. The molecular weight excluding hydrogens is 134 g/mol. The molecule has 0 aromatic carbocycles. The molecule has 0 amide bonds. The van der Waals surface area contributed by atoms with Gasteiger partial charge in [-0.3, -0.25) is 9.59 Å². The van der Waals surface area contributed by atoms with E-state index in [1.807, 2.05) is 0 Å². The van der Waals surface area contributed by atoms with Gasteiger partial charge in [-0.1, -0.05) is 0 Å². The molecule has 0 spiro atoms. The molecular formula is C6H11NO3. The quantitative estimate of drug-likeness (QED) is 0.542. The van der Waals surface area contributed by atoms with Gasteiger partial charge in [0.05, 0.1) is 6.54 Å². The van der Waals surface area contributed by atoms with E-state index in [9.17, 15) is 9.59 Å². The van der Waals surface area contributed by atoms with Gasteiger partial charge in [-0.25, -0.2) is 0 Å². The van der Waals surface area contributed by atoms with Crippen LogP contribution in [0.5, 0.6) is 0 Å². The van der Waals surface area contributed by atoms with Crippen molar-refractivity contribution in [2.75, 3.05) is 6.54 Å². The zero-order valence-electron chi connectivity index (χ0n) is 6.09. The minimum absolute atomic E-state index is 0.0888. The second-order valence-electron chi connectivity index (χ2n) is 1.92. The molecule has 58 valence electrons. The number of ether oxygens (including phenoxy) is 1. The zero-order valence-corrected chi connectivity index (χ0v) is 6.09. The number of nitrogens with two attached hydrogens (primary N) is 1. The van der Waals surface area contributed by atoms with Gasteiger partial charge in [-0.2, -0.15) is 0 Å². The number of ketones is 1. The first-order chi connectivity index (χ1) is 4.57. The van der Waals surface area contributed by atoms with Gasteiger partial charge >= 0.3 is 5.97 Å². The molecule has 4 nitrogen and oxygen atoms in total. The van der Waals surface area contributed by atoms with Crippen LogP contribution < -0.4 is 5.73 Å². The lowest BCUT2D eigenvalue weighted by molar-refractivity contribution is -0.151. The summed E-state index contributed by atoms with van der Waals surface area (Å²) in [5.41, 5.74) is 5.01. The summed E-state index contributed by atoms with van der Waals surface area (Å²) in [4.78, 5) is 20.9. The molecule has 0 saturated heterocycles. The largest absolute Gasteiger partial charge is 0.455 e. The molecule has 0 radical (unpaired) electrons. The summed E-state index contributed by atoms with van der Waals surface area (Å²) in [5.74, 6) is -0.732. The number of hydrogen-bond acceptors (Lipinski definition) is 4. The normalized spacial score (nSPS) is 12.3. The third kappa shape index (κ3) is 3.19. The Kier molecular flexibility index (Phi) is 3.64. The molecule has 0 saturated carbocycles. The van der Waals surface area contributed by atoms with Crippen molar-refractivity contribution < 1.29 is 14.3 Å². The molecule has 1 atom stereocenters. The lowest BCUT2D eigenvalue weighted by Crippen LogP contribution is -2.29. The Balaban J connectivity index is 3.72. The monoisotopic (exact) mass is 145 g/mol. The predicted octanol–water partition coefficient (Wildman–Crippen LogP) is -0.534. The highest BCUT2D eigenvalue weighted by Gasteiger charge is 2.12. The van der Waals surface area contributed by atoms with E-state index in [-0.39, 0.29) is 12.3 Å². The number of Topliss-reactive ketones (excluding diaryl/α,β-unsaturated/α-hetero) is 1. The van der Waals surface area contributed by atoms with Gasteiger partial charge in [-0.15, -0.1) is 0 Å². The molecule has 0 bridgehead atoms. The number of rotatable bonds is 3. The fraction of sp³-hybridized carbons (Fsp3) is 0.667. The summed E-state index contributed by atoms with van der Waals surface area (Å²) in [7, 11) is 0. The summed E-state index contributed by atoms with van der Waals surface area (Å²) < 4.78 is 4.53. The van der Waals surface area contributed by atoms with Crippen LogP contribution in [0.25, 0.3) is 0 Å². The fourth-order valence-electron chi connectivity index (χ4n) is 0.481. The molecule has 2 N–H and O–H groups in total. The van der Waals surface area contributed by atoms with Crippen molar-refractivity contribution in [3.63, 3.8) is 0 Å². The van der Waals surface area contributed by atoms with Crippen LogP contribution in [0.4, 0.5) is 0 Å². The van der Waals surface area contributed by atoms with Crippen LogP contribution in [-0.2, 0) is 14.3 Å². The summed E-state index contributed by atoms with van der Waals surface area (Å²) in [5, 5.41) is 0. The second-order valence-corrected chi connectivity index (χ2v) is 1.92. The van der Waals surface area contributed by atoms with Crippen LogP contribution in [0, 0.1) is 0 Å². The molecule has 0 heterocycles. The van der Waals surface area contributed by atoms with Crippen molar-refractivity contribution in [2.45, 2.75) is 20.0 Å². The Labute approximate surface area is 59.3 Å². The number of carbonyl (C=O) groups is 2. The Morgan fingerprint density at radius 1 is 1.60 bits per heavy atom. The molecule has 0 aliphatic heterocycles. The minimum Gasteiger partial charge on any atom is -0.455 e. The molecule has 4 heteroatoms. The van der Waals surface area contributed by atoms with Gasteiger partial charge in [-0.05, 0) is 6.92 Å². The summed E-state index contributed by atoms with van der Waals surface area (Å²) in [6.45, 7) is 2.66. The van der Waals surface area contributed by atoms with Crippen LogP contribution >= 0.6 is 0 Å². The Hall–Kier alpha value is -0.900. The average molecular weight is 145 g/mol. The maximum Gasteiger partial charge on any atom is 0.303 e. The van der Waals surface area contributed by atoms with Gasteiger partial charge < -0.3 is 10.5 Å². The third-order valence-electron chi connectivity index (χ3n) is 0.997. The third-order valence-corrected chi connectivity index (χ3v) is 0.997. The molecule has 0 aliphatic rings. The van der Waals surface area contributed by atoms with E-state index >= 15 is 0 Å². The molecule has 0 unspecified atom stereocenters. The number of hydrogen-bond donors (Lipinski definition) is 1. The van der Waals surface area contributed by atoms with Gasteiger partial charge in [0.2, 0.25) is 0 Å². The number of esters is 1. The van der Waals surface area contributed by atoms with E-state index in [1.165, 1.54) is 13.8 Å². The first kappa shape index (κ1) is 9.10. The lowest BCUT2D eigenvalue weighted by atomic mass is 10.2. The Morgan fingerprint density at radius 3 is 2.40 bits per heavy atom. The maximum atomic E-state index is 10.6. The highest BCUT2D eigenvalue weighted by atomic mass is 16.5. The average Bonchev–Trinajstić information content (AvgIpc) is 1.85. The first-order valence-electron chi connectivity index (χ1n) is 2.98. The van der Waals surface area contributed by atoms with Crippen molar-refractivity contribution in [1.82, 2.24) is 0 Å². The topological polar surface area (TPSA) is 69.4 Å². The smallest absolute Gasteiger partial charge is 0.303 e. The van der Waals surface area contributed by atoms with Crippen LogP contribution in [0.15, 0.2) is 0 Å². The van der Waals surface area contributed by atoms with Crippen LogP contribution in [-0.4, -0.2) is 24.4 Å². The van der Waals surface area contributed by atoms with E-state index in [4.69, 9.17) is 5.73 Å². The van der Waals surface area contributed by atoms with Crippen molar-refractivity contribution in [1.29, 1.82) is 0 Å². The van der Waals surface area contributed by atoms with Crippen molar-refractivity contribution in [2.24, 2.45) is 5.73 Å². The highest BCUT2D eigenvalue weighted by molar-refractivity contribution is 5.86. The summed E-state index contributed by atoms with van der Waals surface area (Å²) in [6.07, 6.45) is -0.706. The standard InChI is InChI=1S/C6H11NO3/c1-4(6(9)3-7)10-5(2)8/h4H,3,7H2,1-2H3/t4-/m0/s1. The van der Waals surface area contributed by atoms with Gasteiger partial charge in [0.15, 0.2) is 11.9 Å². The van der Waals surface area contributed by atoms with Gasteiger partial charge in [0.25, 0.3) is 0 Å². The van der Waals surface area contributed by atoms with E-state index < -0.39 is 12.1 Å². The molecule has 0 aliphatic carbocycles. The number of carbonyl (C=O) groups excluding carboxylic acids is 2. The molecule has 0 fully saturated rings. The van der Waals surface area contributed by atoms with Crippen LogP contribution in [0.2, 0.25) is 0 Å². The molecule has 0 aromatic heterocycles. The molecule has 0 rings (SSSR count). The summed E-state index contributed by atoms with van der Waals surface area (Å²) >= 11 is 0. The Bertz CT molecular complexity index is 144. The van der Waals surface area contributed by atoms with Crippen molar-refractivity contribution in [3.05, 3.63) is 0 Å². The first-order valence-corrected chi connectivity index (χ1v) is 2.98. The van der Waals surface area contributed by atoms with E-state index in [0.717, 1.165) is 0 Å². The molecule has 10 heavy (non-hydrogen) atoms. The second kappa shape index (κ2) is 4.00. The molecule has 0 aromatic rings. The van der Waals surface area contributed by atoms with Gasteiger partial charge in [0, 0.05) is 6.92 Å². The van der Waals surface area contributed by atoms with Crippen LogP contribution in [0.1, 0.15) is 13.8 Å².